The lowest BCUT2D eigenvalue weighted by molar-refractivity contribution is 0.113. The number of likely N-dealkylation sites (tertiary alicyclic amines) is 1. The van der Waals surface area contributed by atoms with Crippen molar-refractivity contribution in [3.8, 4) is 0 Å². The molecule has 15 heavy (non-hydrogen) atoms. The minimum atomic E-state index is 0.565. The Hall–Kier alpha value is -0.0400. The second-order valence-corrected chi connectivity index (χ2v) is 5.87. The number of hydrogen-bond donors (Lipinski definition) is 0. The minimum Gasteiger partial charge on any atom is -0.303 e. The van der Waals surface area contributed by atoms with Gasteiger partial charge in [-0.25, -0.2) is 0 Å². The third-order valence-corrected chi connectivity index (χ3v) is 4.19. The summed E-state index contributed by atoms with van der Waals surface area (Å²) in [5.74, 6) is 0.959. The van der Waals surface area contributed by atoms with Gasteiger partial charge in [-0.3, -0.25) is 0 Å². The molecule has 90 valence electrons. The van der Waals surface area contributed by atoms with Gasteiger partial charge >= 0.3 is 0 Å². The predicted octanol–water partition coefficient (Wildman–Crippen LogP) is 3.93. The maximum absolute atomic E-state index is 2.69. The topological polar surface area (TPSA) is 3.24 Å². The summed E-state index contributed by atoms with van der Waals surface area (Å²) < 4.78 is 0. The first-order valence-electron chi connectivity index (χ1n) is 6.82. The first kappa shape index (κ1) is 13.0. The molecule has 0 amide bonds. The Kier molecular flexibility index (Phi) is 5.11. The molecule has 0 aromatic rings. The van der Waals surface area contributed by atoms with E-state index in [0.717, 1.165) is 5.92 Å². The average molecular weight is 211 g/mol. The number of piperidine rings is 1. The van der Waals surface area contributed by atoms with E-state index in [1.54, 1.807) is 0 Å². The first-order valence-corrected chi connectivity index (χ1v) is 6.82. The molecule has 1 heterocycles. The normalized spacial score (nSPS) is 24.0. The van der Waals surface area contributed by atoms with Crippen molar-refractivity contribution in [2.75, 3.05) is 19.6 Å². The molecule has 1 nitrogen and oxygen atoms in total. The highest BCUT2D eigenvalue weighted by Gasteiger charge is 2.26. The molecule has 0 radical (unpaired) electrons. The zero-order valence-electron chi connectivity index (χ0n) is 11.2. The van der Waals surface area contributed by atoms with Gasteiger partial charge in [-0.1, -0.05) is 34.1 Å². The second kappa shape index (κ2) is 5.89. The monoisotopic (exact) mass is 211 g/mol. The van der Waals surface area contributed by atoms with Crippen LogP contribution in [0, 0.1) is 11.3 Å². The number of rotatable bonds is 5. The molecule has 0 aromatic heterocycles. The van der Waals surface area contributed by atoms with Crippen LogP contribution in [0.25, 0.3) is 0 Å². The fraction of sp³-hybridized carbons (Fsp3) is 1.00. The van der Waals surface area contributed by atoms with Crippen LogP contribution in [0.1, 0.15) is 59.8 Å². The van der Waals surface area contributed by atoms with Crippen LogP contribution in [-0.2, 0) is 0 Å². The molecule has 0 spiro atoms. The van der Waals surface area contributed by atoms with Crippen LogP contribution in [-0.4, -0.2) is 24.5 Å². The van der Waals surface area contributed by atoms with Gasteiger partial charge in [0.2, 0.25) is 0 Å². The van der Waals surface area contributed by atoms with Crippen molar-refractivity contribution >= 4 is 0 Å². The van der Waals surface area contributed by atoms with Crippen molar-refractivity contribution in [1.82, 2.24) is 4.90 Å². The molecule has 1 rings (SSSR count). The molecule has 0 bridgehead atoms. The SMILES string of the molecule is CCCC(C)(CC)CN1CCC(C)CC1. The van der Waals surface area contributed by atoms with Crippen molar-refractivity contribution in [3.63, 3.8) is 0 Å². The van der Waals surface area contributed by atoms with Gasteiger partial charge in [0.15, 0.2) is 0 Å². The third-order valence-electron chi connectivity index (χ3n) is 4.19. The van der Waals surface area contributed by atoms with E-state index < -0.39 is 0 Å². The van der Waals surface area contributed by atoms with Gasteiger partial charge in [0.05, 0.1) is 0 Å². The summed E-state index contributed by atoms with van der Waals surface area (Å²) in [5.41, 5.74) is 0.565. The van der Waals surface area contributed by atoms with Crippen molar-refractivity contribution in [2.24, 2.45) is 11.3 Å². The molecule has 0 N–H and O–H groups in total. The molecular weight excluding hydrogens is 182 g/mol. The summed E-state index contributed by atoms with van der Waals surface area (Å²) in [4.78, 5) is 2.69. The maximum atomic E-state index is 2.69. The minimum absolute atomic E-state index is 0.565. The molecule has 1 atom stereocenters. The Morgan fingerprint density at radius 2 is 1.80 bits per heavy atom. The van der Waals surface area contributed by atoms with Crippen LogP contribution in [0.2, 0.25) is 0 Å². The van der Waals surface area contributed by atoms with Gasteiger partial charge in [0, 0.05) is 6.54 Å². The van der Waals surface area contributed by atoms with Crippen LogP contribution < -0.4 is 0 Å². The Bertz CT molecular complexity index is 170. The fourth-order valence-corrected chi connectivity index (χ4v) is 2.73. The van der Waals surface area contributed by atoms with Gasteiger partial charge in [0.1, 0.15) is 0 Å². The summed E-state index contributed by atoms with van der Waals surface area (Å²) in [5, 5.41) is 0. The number of nitrogens with zero attached hydrogens (tertiary/aromatic N) is 1. The zero-order chi connectivity index (χ0) is 11.3. The summed E-state index contributed by atoms with van der Waals surface area (Å²) >= 11 is 0. The first-order chi connectivity index (χ1) is 7.09. The summed E-state index contributed by atoms with van der Waals surface area (Å²) in [6, 6.07) is 0. The Labute approximate surface area is 96.2 Å². The summed E-state index contributed by atoms with van der Waals surface area (Å²) in [6.45, 7) is 13.5. The van der Waals surface area contributed by atoms with Crippen LogP contribution in [0.5, 0.6) is 0 Å². The van der Waals surface area contributed by atoms with Crippen LogP contribution in [0.4, 0.5) is 0 Å². The van der Waals surface area contributed by atoms with E-state index in [2.05, 4.69) is 32.6 Å². The Balaban J connectivity index is 2.38. The van der Waals surface area contributed by atoms with E-state index in [1.807, 2.05) is 0 Å². The Morgan fingerprint density at radius 1 is 1.20 bits per heavy atom. The van der Waals surface area contributed by atoms with Crippen LogP contribution in [0.3, 0.4) is 0 Å². The smallest absolute Gasteiger partial charge is 0.00352 e. The van der Waals surface area contributed by atoms with Crippen LogP contribution >= 0.6 is 0 Å². The highest BCUT2D eigenvalue weighted by atomic mass is 15.1. The summed E-state index contributed by atoms with van der Waals surface area (Å²) in [7, 11) is 0. The lowest BCUT2D eigenvalue weighted by Gasteiger charge is -2.38. The van der Waals surface area contributed by atoms with Crippen LogP contribution in [0.15, 0.2) is 0 Å². The molecule has 0 aromatic carbocycles. The van der Waals surface area contributed by atoms with Crippen molar-refractivity contribution in [1.29, 1.82) is 0 Å². The highest BCUT2D eigenvalue weighted by Crippen LogP contribution is 2.30. The number of hydrogen-bond acceptors (Lipinski definition) is 1. The standard InChI is InChI=1S/C14H29N/c1-5-9-14(4,6-2)12-15-10-7-13(3)8-11-15/h13H,5-12H2,1-4H3. The highest BCUT2D eigenvalue weighted by molar-refractivity contribution is 4.79. The van der Waals surface area contributed by atoms with Gasteiger partial charge in [-0.15, -0.1) is 0 Å². The molecule has 0 saturated carbocycles. The summed E-state index contributed by atoms with van der Waals surface area (Å²) in [6.07, 6.45) is 6.86. The van der Waals surface area contributed by atoms with E-state index in [-0.39, 0.29) is 0 Å². The molecule has 1 saturated heterocycles. The fourth-order valence-electron chi connectivity index (χ4n) is 2.73. The van der Waals surface area contributed by atoms with E-state index in [0.29, 0.717) is 5.41 Å². The van der Waals surface area contributed by atoms with Gasteiger partial charge in [0.25, 0.3) is 0 Å². The predicted molar refractivity (Wildman–Crippen MR) is 68.1 cm³/mol. The molecule has 1 fully saturated rings. The third kappa shape index (κ3) is 4.14. The maximum Gasteiger partial charge on any atom is 0.00352 e. The van der Waals surface area contributed by atoms with Crippen molar-refractivity contribution < 1.29 is 0 Å². The lowest BCUT2D eigenvalue weighted by atomic mass is 9.82. The molecule has 0 aliphatic carbocycles. The van der Waals surface area contributed by atoms with E-state index >= 15 is 0 Å². The quantitative estimate of drug-likeness (QED) is 0.666. The molecule has 1 aliphatic rings. The Morgan fingerprint density at radius 3 is 2.27 bits per heavy atom. The van der Waals surface area contributed by atoms with Gasteiger partial charge in [-0.05, 0) is 50.1 Å². The van der Waals surface area contributed by atoms with Gasteiger partial charge in [-0.2, -0.15) is 0 Å². The second-order valence-electron chi connectivity index (χ2n) is 5.87. The molecule has 1 aliphatic heterocycles. The van der Waals surface area contributed by atoms with Crippen molar-refractivity contribution in [2.45, 2.75) is 59.8 Å². The molecule has 1 unspecified atom stereocenters. The van der Waals surface area contributed by atoms with E-state index in [4.69, 9.17) is 0 Å². The lowest BCUT2D eigenvalue weighted by Crippen LogP contribution is -2.40. The van der Waals surface area contributed by atoms with Gasteiger partial charge < -0.3 is 4.90 Å². The van der Waals surface area contributed by atoms with E-state index in [9.17, 15) is 0 Å². The largest absolute Gasteiger partial charge is 0.303 e. The van der Waals surface area contributed by atoms with Crippen molar-refractivity contribution in [3.05, 3.63) is 0 Å². The molecule has 1 heteroatoms. The molecular formula is C14H29N. The average Bonchev–Trinajstić information content (AvgIpc) is 2.22. The van der Waals surface area contributed by atoms with E-state index in [1.165, 1.54) is 51.7 Å². The zero-order valence-corrected chi connectivity index (χ0v) is 11.2.